The van der Waals surface area contributed by atoms with Gasteiger partial charge in [0.15, 0.2) is 0 Å². The third kappa shape index (κ3) is 3.02. The average Bonchev–Trinajstić information content (AvgIpc) is 2.91. The summed E-state index contributed by atoms with van der Waals surface area (Å²) >= 11 is 3.85. The van der Waals surface area contributed by atoms with E-state index in [1.807, 2.05) is 0 Å². The molecule has 2 aliphatic rings. The van der Waals surface area contributed by atoms with Gasteiger partial charge in [-0.05, 0) is 42.9 Å². The van der Waals surface area contributed by atoms with Gasteiger partial charge in [-0.25, -0.2) is 0 Å². The fourth-order valence-electron chi connectivity index (χ4n) is 3.44. The van der Waals surface area contributed by atoms with Gasteiger partial charge < -0.3 is 10.1 Å². The number of ether oxygens (including phenoxy) is 1. The van der Waals surface area contributed by atoms with Crippen molar-refractivity contribution in [2.24, 2.45) is 5.92 Å². The molecule has 1 amide bonds. The fraction of sp³-hybridized carbons (Fsp3) is 0.588. The second-order valence-corrected chi connectivity index (χ2v) is 6.93. The number of hydrogen-bond donors (Lipinski definition) is 1. The van der Waals surface area contributed by atoms with Crippen LogP contribution in [0, 0.1) is 5.92 Å². The molecule has 3 atom stereocenters. The highest BCUT2D eigenvalue weighted by Crippen LogP contribution is 2.41. The number of rotatable bonds is 3. The van der Waals surface area contributed by atoms with E-state index in [9.17, 15) is 4.79 Å². The van der Waals surface area contributed by atoms with Crippen LogP contribution in [0.3, 0.4) is 0 Å². The number of carbonyl (C=O) groups is 1. The molecule has 3 nitrogen and oxygen atoms in total. The average molecular weight is 352 g/mol. The van der Waals surface area contributed by atoms with Crippen LogP contribution in [0.25, 0.3) is 0 Å². The number of nitrogens with one attached hydrogen (secondary N) is 1. The minimum Gasteiger partial charge on any atom is -0.378 e. The number of halogens is 1. The first kappa shape index (κ1) is 15.0. The topological polar surface area (TPSA) is 38.3 Å². The van der Waals surface area contributed by atoms with Crippen molar-refractivity contribution in [2.75, 3.05) is 13.2 Å². The molecular weight excluding hydrogens is 330 g/mol. The summed E-state index contributed by atoms with van der Waals surface area (Å²) in [5, 5.41) is 2.98. The molecule has 0 spiro atoms. The molecule has 1 N–H and O–H groups in total. The van der Waals surface area contributed by atoms with Crippen LogP contribution in [-0.2, 0) is 11.2 Å². The van der Waals surface area contributed by atoms with Crippen LogP contribution in [0.15, 0.2) is 18.2 Å². The molecule has 4 heteroatoms. The van der Waals surface area contributed by atoms with Gasteiger partial charge in [0.2, 0.25) is 0 Å². The van der Waals surface area contributed by atoms with Gasteiger partial charge in [-0.1, -0.05) is 35.0 Å². The Morgan fingerprint density at radius 2 is 2.33 bits per heavy atom. The normalized spacial score (nSPS) is 26.9. The highest BCUT2D eigenvalue weighted by molar-refractivity contribution is 9.09. The number of hydrogen-bond acceptors (Lipinski definition) is 2. The second kappa shape index (κ2) is 6.49. The summed E-state index contributed by atoms with van der Waals surface area (Å²) in [6.07, 6.45) is 4.44. The summed E-state index contributed by atoms with van der Waals surface area (Å²) in [5.41, 5.74) is 3.21. The van der Waals surface area contributed by atoms with Crippen LogP contribution in [-0.4, -0.2) is 25.2 Å². The Bertz CT molecular complexity index is 532. The molecule has 21 heavy (non-hydrogen) atoms. The van der Waals surface area contributed by atoms with Gasteiger partial charge in [-0.3, -0.25) is 4.79 Å². The number of aryl methyl sites for hydroxylation is 1. The van der Waals surface area contributed by atoms with Gasteiger partial charge in [0.25, 0.3) is 5.91 Å². The van der Waals surface area contributed by atoms with Gasteiger partial charge in [0, 0.05) is 29.5 Å². The molecule has 3 unspecified atom stereocenters. The predicted octanol–water partition coefficient (Wildman–Crippen LogP) is 3.61. The summed E-state index contributed by atoms with van der Waals surface area (Å²) in [7, 11) is 0. The van der Waals surface area contributed by atoms with Crippen LogP contribution in [0.2, 0.25) is 0 Å². The number of alkyl halides is 1. The molecular formula is C17H22BrNO2. The van der Waals surface area contributed by atoms with E-state index >= 15 is 0 Å². The quantitative estimate of drug-likeness (QED) is 0.844. The standard InChI is InChI=1S/C17H22BrNO2/c1-2-15-13(7-9-21-15)16(18)12-6-5-11-4-3-8-19-17(20)14(11)10-12/h5-6,10,13,15-16H,2-4,7-9H2,1H3,(H,19,20). The molecule has 1 aromatic rings. The Kier molecular flexibility index (Phi) is 4.65. The van der Waals surface area contributed by atoms with Crippen molar-refractivity contribution < 1.29 is 9.53 Å². The Morgan fingerprint density at radius 1 is 1.48 bits per heavy atom. The fourth-order valence-corrected chi connectivity index (χ4v) is 4.33. The zero-order valence-electron chi connectivity index (χ0n) is 12.4. The molecule has 0 saturated carbocycles. The van der Waals surface area contributed by atoms with Gasteiger partial charge in [-0.15, -0.1) is 0 Å². The Morgan fingerprint density at radius 3 is 3.14 bits per heavy atom. The lowest BCUT2D eigenvalue weighted by molar-refractivity contribution is 0.0873. The summed E-state index contributed by atoms with van der Waals surface area (Å²) in [6.45, 7) is 3.79. The number of carbonyl (C=O) groups excluding carboxylic acids is 1. The summed E-state index contributed by atoms with van der Waals surface area (Å²) in [5.74, 6) is 0.556. The molecule has 114 valence electrons. The van der Waals surface area contributed by atoms with E-state index in [-0.39, 0.29) is 10.7 Å². The third-order valence-corrected chi connectivity index (χ3v) is 5.85. The first-order valence-corrected chi connectivity index (χ1v) is 8.79. The zero-order chi connectivity index (χ0) is 14.8. The predicted molar refractivity (Wildman–Crippen MR) is 86.9 cm³/mol. The monoisotopic (exact) mass is 351 g/mol. The highest BCUT2D eigenvalue weighted by Gasteiger charge is 2.33. The number of amides is 1. The molecule has 1 aromatic carbocycles. The van der Waals surface area contributed by atoms with E-state index in [0.717, 1.165) is 44.4 Å². The molecule has 2 aliphatic heterocycles. The summed E-state index contributed by atoms with van der Waals surface area (Å²) in [4.78, 5) is 12.4. The van der Waals surface area contributed by atoms with Gasteiger partial charge in [0.05, 0.1) is 6.10 Å². The van der Waals surface area contributed by atoms with Crippen molar-refractivity contribution in [3.8, 4) is 0 Å². The van der Waals surface area contributed by atoms with Gasteiger partial charge >= 0.3 is 0 Å². The van der Waals surface area contributed by atoms with E-state index in [1.54, 1.807) is 0 Å². The smallest absolute Gasteiger partial charge is 0.251 e. The van der Waals surface area contributed by atoms with Crippen LogP contribution < -0.4 is 5.32 Å². The van der Waals surface area contributed by atoms with Crippen molar-refractivity contribution in [3.63, 3.8) is 0 Å². The van der Waals surface area contributed by atoms with Crippen molar-refractivity contribution in [3.05, 3.63) is 34.9 Å². The lowest BCUT2D eigenvalue weighted by Crippen LogP contribution is -2.23. The molecule has 0 bridgehead atoms. The third-order valence-electron chi connectivity index (χ3n) is 4.64. The molecule has 3 rings (SSSR count). The maximum absolute atomic E-state index is 12.2. The minimum absolute atomic E-state index is 0.0683. The number of fused-ring (bicyclic) bond motifs is 1. The van der Waals surface area contributed by atoms with E-state index < -0.39 is 0 Å². The van der Waals surface area contributed by atoms with E-state index in [1.165, 1.54) is 11.1 Å². The van der Waals surface area contributed by atoms with Crippen molar-refractivity contribution in [2.45, 2.75) is 43.5 Å². The maximum atomic E-state index is 12.2. The van der Waals surface area contributed by atoms with Crippen molar-refractivity contribution in [1.82, 2.24) is 5.32 Å². The molecule has 1 saturated heterocycles. The first-order valence-electron chi connectivity index (χ1n) is 7.87. The molecule has 0 aromatic heterocycles. The van der Waals surface area contributed by atoms with E-state index in [4.69, 9.17) is 4.74 Å². The lowest BCUT2D eigenvalue weighted by atomic mass is 9.90. The van der Waals surface area contributed by atoms with Crippen LogP contribution in [0.5, 0.6) is 0 Å². The minimum atomic E-state index is 0.0683. The first-order chi connectivity index (χ1) is 10.2. The van der Waals surface area contributed by atoms with Gasteiger partial charge in [-0.2, -0.15) is 0 Å². The maximum Gasteiger partial charge on any atom is 0.251 e. The van der Waals surface area contributed by atoms with Gasteiger partial charge in [0.1, 0.15) is 0 Å². The summed E-state index contributed by atoms with van der Waals surface area (Å²) < 4.78 is 5.80. The molecule has 1 fully saturated rings. The molecule has 2 heterocycles. The molecule has 0 aliphatic carbocycles. The van der Waals surface area contributed by atoms with Crippen LogP contribution in [0.4, 0.5) is 0 Å². The SMILES string of the molecule is CCC1OCCC1C(Br)c1ccc2c(c1)C(=O)NCCC2. The summed E-state index contributed by atoms with van der Waals surface area (Å²) in [6, 6.07) is 6.36. The van der Waals surface area contributed by atoms with Crippen LogP contribution in [0.1, 0.15) is 52.5 Å². The number of benzene rings is 1. The van der Waals surface area contributed by atoms with Crippen LogP contribution >= 0.6 is 15.9 Å². The van der Waals surface area contributed by atoms with E-state index in [0.29, 0.717) is 12.0 Å². The largest absolute Gasteiger partial charge is 0.378 e. The van der Waals surface area contributed by atoms with E-state index in [2.05, 4.69) is 46.4 Å². The Labute approximate surface area is 134 Å². The lowest BCUT2D eigenvalue weighted by Gasteiger charge is -2.23. The zero-order valence-corrected chi connectivity index (χ0v) is 14.0. The Hall–Kier alpha value is -0.870. The molecule has 0 radical (unpaired) electrons. The van der Waals surface area contributed by atoms with Crippen molar-refractivity contribution in [1.29, 1.82) is 0 Å². The second-order valence-electron chi connectivity index (χ2n) is 5.95. The Balaban J connectivity index is 1.87. The van der Waals surface area contributed by atoms with Crippen molar-refractivity contribution >= 4 is 21.8 Å². The highest BCUT2D eigenvalue weighted by atomic mass is 79.9.